The van der Waals surface area contributed by atoms with E-state index >= 15 is 4.39 Å². The molecule has 2 saturated heterocycles. The summed E-state index contributed by atoms with van der Waals surface area (Å²) in [6.07, 6.45) is -3.42. The quantitative estimate of drug-likeness (QED) is 0.312. The number of aromatic nitrogens is 1. The van der Waals surface area contributed by atoms with E-state index in [2.05, 4.69) is 25.8 Å². The van der Waals surface area contributed by atoms with Crippen molar-refractivity contribution in [3.05, 3.63) is 34.4 Å². The summed E-state index contributed by atoms with van der Waals surface area (Å²) in [7, 11) is 0. The summed E-state index contributed by atoms with van der Waals surface area (Å²) in [6, 6.07) is 0.926. The number of pyridine rings is 1. The molecule has 1 aromatic carbocycles. The first-order chi connectivity index (χ1) is 20.0. The fraction of sp³-hybridized carbons (Fsp3) is 0.571. The standard InChI is InChI=1S/C28H35F5N6O3/c1-14-5-6-35-7-8-36-26(40)20-25(37-12-16-3-4-17-13-41-10-9-39(16)17)23(30)24(38-27(20)42-14)18-11-19(34)22(29)15(2)21(18)28(31,32)33/h11,14,16-17,35H,3-10,12-13,34H2,1-2H3,(H,36,40)(H,37,38)/t14-,16+,17+/m0/s1. The predicted octanol–water partition coefficient (Wildman–Crippen LogP) is 3.70. The van der Waals surface area contributed by atoms with Crippen molar-refractivity contribution in [2.45, 2.75) is 57.5 Å². The summed E-state index contributed by atoms with van der Waals surface area (Å²) in [5.41, 5.74) is 0.858. The number of nitrogens with one attached hydrogen (secondary N) is 3. The van der Waals surface area contributed by atoms with Gasteiger partial charge in [0.2, 0.25) is 5.88 Å². The Labute approximate surface area is 240 Å². The van der Waals surface area contributed by atoms with E-state index in [1.54, 1.807) is 6.92 Å². The first-order valence-corrected chi connectivity index (χ1v) is 14.1. The van der Waals surface area contributed by atoms with Gasteiger partial charge in [0.05, 0.1) is 36.3 Å². The molecule has 3 atom stereocenters. The van der Waals surface area contributed by atoms with Crippen molar-refractivity contribution in [3.8, 4) is 17.1 Å². The van der Waals surface area contributed by atoms with Crippen LogP contribution in [0.4, 0.5) is 33.3 Å². The van der Waals surface area contributed by atoms with Crippen LogP contribution in [0.2, 0.25) is 0 Å². The second-order valence-electron chi connectivity index (χ2n) is 11.0. The van der Waals surface area contributed by atoms with Crippen LogP contribution in [-0.4, -0.2) is 79.9 Å². The second-order valence-corrected chi connectivity index (χ2v) is 11.0. The number of ether oxygens (including phenoxy) is 2. The smallest absolute Gasteiger partial charge is 0.417 e. The molecule has 5 rings (SSSR count). The minimum absolute atomic E-state index is 0.0187. The Bertz CT molecular complexity index is 1340. The highest BCUT2D eigenvalue weighted by Gasteiger charge is 2.40. The van der Waals surface area contributed by atoms with Crippen LogP contribution in [0.25, 0.3) is 11.3 Å². The Hall–Kier alpha value is -3.23. The molecule has 5 N–H and O–H groups in total. The maximum Gasteiger partial charge on any atom is 0.417 e. The van der Waals surface area contributed by atoms with Crippen molar-refractivity contribution < 1.29 is 36.2 Å². The van der Waals surface area contributed by atoms with Gasteiger partial charge >= 0.3 is 6.18 Å². The first kappa shape index (κ1) is 30.2. The molecule has 4 heterocycles. The lowest BCUT2D eigenvalue weighted by molar-refractivity contribution is -0.137. The molecule has 2 fully saturated rings. The lowest BCUT2D eigenvalue weighted by atomic mass is 9.95. The fourth-order valence-corrected chi connectivity index (χ4v) is 5.97. The van der Waals surface area contributed by atoms with E-state index in [9.17, 15) is 22.4 Å². The number of morpholine rings is 1. The highest BCUT2D eigenvalue weighted by atomic mass is 19.4. The molecule has 0 radical (unpaired) electrons. The number of carbonyl (C=O) groups is 1. The number of rotatable bonds is 4. The van der Waals surface area contributed by atoms with Crippen LogP contribution in [0, 0.1) is 18.6 Å². The van der Waals surface area contributed by atoms with Gasteiger partial charge in [-0.1, -0.05) is 0 Å². The van der Waals surface area contributed by atoms with Crippen LogP contribution < -0.4 is 26.4 Å². The Morgan fingerprint density at radius 1 is 1.17 bits per heavy atom. The molecule has 9 nitrogen and oxygen atoms in total. The summed E-state index contributed by atoms with van der Waals surface area (Å²) < 4.78 is 85.5. The Morgan fingerprint density at radius 3 is 2.71 bits per heavy atom. The monoisotopic (exact) mass is 598 g/mol. The van der Waals surface area contributed by atoms with Crippen molar-refractivity contribution in [3.63, 3.8) is 0 Å². The van der Waals surface area contributed by atoms with Crippen LogP contribution in [-0.2, 0) is 10.9 Å². The lowest BCUT2D eigenvalue weighted by Crippen LogP contribution is -2.47. The predicted molar refractivity (Wildman–Crippen MR) is 146 cm³/mol. The van der Waals surface area contributed by atoms with Crippen LogP contribution in [0.1, 0.15) is 47.7 Å². The Balaban J connectivity index is 1.67. The van der Waals surface area contributed by atoms with Gasteiger partial charge in [-0.25, -0.2) is 13.8 Å². The summed E-state index contributed by atoms with van der Waals surface area (Å²) in [4.78, 5) is 19.8. The molecule has 1 aromatic heterocycles. The zero-order valence-electron chi connectivity index (χ0n) is 23.5. The highest BCUT2D eigenvalue weighted by Crippen LogP contribution is 2.44. The van der Waals surface area contributed by atoms with Crippen molar-refractivity contribution in [2.24, 2.45) is 0 Å². The van der Waals surface area contributed by atoms with E-state index in [0.29, 0.717) is 39.3 Å². The van der Waals surface area contributed by atoms with E-state index in [1.807, 2.05) is 0 Å². The SMILES string of the molecule is Cc1c(F)c(N)cc(-c2nc3c(c(NC[C@H]4CC[C@@H]5COCCN45)c2F)C(=O)NCCNCC[C@H](C)O3)c1C(F)(F)F. The molecule has 42 heavy (non-hydrogen) atoms. The molecule has 0 bridgehead atoms. The third-order valence-electron chi connectivity index (χ3n) is 8.11. The van der Waals surface area contributed by atoms with E-state index in [4.69, 9.17) is 15.2 Å². The average Bonchev–Trinajstić information content (AvgIpc) is 3.34. The van der Waals surface area contributed by atoms with E-state index in [1.165, 1.54) is 0 Å². The summed E-state index contributed by atoms with van der Waals surface area (Å²) in [5.74, 6) is -3.47. The minimum atomic E-state index is -5.06. The Morgan fingerprint density at radius 2 is 1.95 bits per heavy atom. The van der Waals surface area contributed by atoms with Gasteiger partial charge < -0.3 is 31.2 Å². The van der Waals surface area contributed by atoms with Crippen LogP contribution in [0.15, 0.2) is 6.07 Å². The number of benzene rings is 1. The number of halogens is 5. The number of hydrogen-bond acceptors (Lipinski definition) is 8. The van der Waals surface area contributed by atoms with Gasteiger partial charge in [-0.2, -0.15) is 13.2 Å². The van der Waals surface area contributed by atoms with Gasteiger partial charge in [0.15, 0.2) is 5.82 Å². The number of carbonyl (C=O) groups excluding carboxylic acids is 1. The fourth-order valence-electron chi connectivity index (χ4n) is 5.97. The van der Waals surface area contributed by atoms with Crippen molar-refractivity contribution in [1.29, 1.82) is 0 Å². The van der Waals surface area contributed by atoms with E-state index in [-0.39, 0.29) is 42.3 Å². The number of hydrogen-bond donors (Lipinski definition) is 4. The van der Waals surface area contributed by atoms with Crippen molar-refractivity contribution in [2.75, 3.05) is 57.0 Å². The maximum absolute atomic E-state index is 16.5. The van der Waals surface area contributed by atoms with Gasteiger partial charge in [0.1, 0.15) is 17.1 Å². The maximum atomic E-state index is 16.5. The second kappa shape index (κ2) is 12.2. The van der Waals surface area contributed by atoms with Gasteiger partial charge in [-0.15, -0.1) is 0 Å². The molecular formula is C28H35F5N6O3. The van der Waals surface area contributed by atoms with E-state index < -0.39 is 57.9 Å². The molecular weight excluding hydrogens is 563 g/mol. The molecule has 0 aliphatic carbocycles. The first-order valence-electron chi connectivity index (χ1n) is 14.1. The topological polar surface area (TPSA) is 114 Å². The van der Waals surface area contributed by atoms with Gasteiger partial charge in [0.25, 0.3) is 5.91 Å². The van der Waals surface area contributed by atoms with Gasteiger partial charge in [-0.3, -0.25) is 9.69 Å². The molecule has 3 aliphatic rings. The number of amides is 1. The normalized spacial score (nSPS) is 23.8. The van der Waals surface area contributed by atoms with Crippen LogP contribution in [0.3, 0.4) is 0 Å². The molecule has 0 spiro atoms. The molecule has 3 aliphatic heterocycles. The largest absolute Gasteiger partial charge is 0.474 e. The Kier molecular flexibility index (Phi) is 8.76. The third-order valence-corrected chi connectivity index (χ3v) is 8.11. The molecule has 230 valence electrons. The number of nitrogen functional groups attached to an aromatic ring is 1. The number of fused-ring (bicyclic) bond motifs is 2. The molecule has 0 saturated carbocycles. The van der Waals surface area contributed by atoms with E-state index in [0.717, 1.165) is 25.8 Å². The number of nitrogens with two attached hydrogens (primary N) is 1. The third kappa shape index (κ3) is 5.97. The molecule has 2 aromatic rings. The molecule has 14 heteroatoms. The van der Waals surface area contributed by atoms with Crippen molar-refractivity contribution >= 4 is 17.3 Å². The lowest BCUT2D eigenvalue weighted by Gasteiger charge is -2.34. The summed E-state index contributed by atoms with van der Waals surface area (Å²) in [6.45, 7) is 5.92. The minimum Gasteiger partial charge on any atom is -0.474 e. The zero-order valence-corrected chi connectivity index (χ0v) is 23.5. The zero-order chi connectivity index (χ0) is 30.2. The number of nitrogens with zero attached hydrogens (tertiary/aromatic N) is 2. The average molecular weight is 599 g/mol. The molecule has 0 unspecified atom stereocenters. The summed E-state index contributed by atoms with van der Waals surface area (Å²) >= 11 is 0. The summed E-state index contributed by atoms with van der Waals surface area (Å²) in [5, 5.41) is 8.90. The number of alkyl halides is 3. The van der Waals surface area contributed by atoms with Gasteiger partial charge in [-0.05, 0) is 51.3 Å². The number of anilines is 2. The van der Waals surface area contributed by atoms with Crippen molar-refractivity contribution in [1.82, 2.24) is 20.5 Å². The molecule has 1 amide bonds. The van der Waals surface area contributed by atoms with Crippen LogP contribution in [0.5, 0.6) is 5.88 Å². The van der Waals surface area contributed by atoms with Crippen LogP contribution >= 0.6 is 0 Å². The van der Waals surface area contributed by atoms with Gasteiger partial charge in [0, 0.05) is 43.8 Å². The highest BCUT2D eigenvalue weighted by molar-refractivity contribution is 6.03.